The second-order valence-electron chi connectivity index (χ2n) is 4.83. The minimum atomic E-state index is -0.218. The molecule has 2 rings (SSSR count). The largest absolute Gasteiger partial charge is 0.496 e. The normalized spacial score (nSPS) is 10.2. The highest BCUT2D eigenvalue weighted by molar-refractivity contribution is 9.10. The highest BCUT2D eigenvalue weighted by Gasteiger charge is 2.11. The van der Waals surface area contributed by atoms with Gasteiger partial charge in [-0.25, -0.2) is 0 Å². The number of methoxy groups -OCH3 is 1. The molecule has 0 aromatic heterocycles. The fourth-order valence-electron chi connectivity index (χ4n) is 2.14. The van der Waals surface area contributed by atoms with Crippen LogP contribution >= 0.6 is 15.9 Å². The Kier molecular flexibility index (Phi) is 6.49. The molecule has 0 spiro atoms. The third kappa shape index (κ3) is 4.41. The third-order valence-electron chi connectivity index (χ3n) is 3.22. The quantitative estimate of drug-likeness (QED) is 0.751. The molecule has 1 N–H and O–H groups in total. The van der Waals surface area contributed by atoms with Crippen molar-refractivity contribution >= 4 is 27.5 Å². The van der Waals surface area contributed by atoms with Crippen molar-refractivity contribution < 1.29 is 19.0 Å². The molecule has 0 unspecified atom stereocenters. The van der Waals surface area contributed by atoms with Crippen molar-refractivity contribution in [2.45, 2.75) is 13.8 Å². The van der Waals surface area contributed by atoms with Gasteiger partial charge in [0.25, 0.3) is 5.91 Å². The molecule has 0 aliphatic carbocycles. The molecule has 0 heterocycles. The van der Waals surface area contributed by atoms with Gasteiger partial charge in [0.1, 0.15) is 5.75 Å². The molecule has 0 radical (unpaired) electrons. The van der Waals surface area contributed by atoms with Crippen molar-refractivity contribution in [3.63, 3.8) is 0 Å². The van der Waals surface area contributed by atoms with E-state index in [2.05, 4.69) is 21.2 Å². The zero-order chi connectivity index (χ0) is 17.5. The van der Waals surface area contributed by atoms with Crippen molar-refractivity contribution in [2.24, 2.45) is 0 Å². The summed E-state index contributed by atoms with van der Waals surface area (Å²) in [4.78, 5) is 12.4. The van der Waals surface area contributed by atoms with Gasteiger partial charge in [-0.15, -0.1) is 0 Å². The topological polar surface area (TPSA) is 56.8 Å². The van der Waals surface area contributed by atoms with E-state index in [9.17, 15) is 4.79 Å². The van der Waals surface area contributed by atoms with Gasteiger partial charge in [-0.1, -0.05) is 0 Å². The highest BCUT2D eigenvalue weighted by Crippen LogP contribution is 2.31. The molecular formula is C18H20BrNO4. The number of nitrogens with one attached hydrogen (secondary N) is 1. The number of amides is 1. The minimum absolute atomic E-state index is 0.218. The summed E-state index contributed by atoms with van der Waals surface area (Å²) in [7, 11) is 1.58. The van der Waals surface area contributed by atoms with Crippen LogP contribution in [0, 0.1) is 0 Å². The maximum atomic E-state index is 12.4. The van der Waals surface area contributed by atoms with Gasteiger partial charge in [-0.05, 0) is 60.1 Å². The van der Waals surface area contributed by atoms with Gasteiger partial charge < -0.3 is 19.5 Å². The Labute approximate surface area is 150 Å². The first-order valence-corrected chi connectivity index (χ1v) is 8.42. The Morgan fingerprint density at radius 3 is 2.29 bits per heavy atom. The van der Waals surface area contributed by atoms with Crippen LogP contribution in [0.4, 0.5) is 5.69 Å². The molecule has 6 heteroatoms. The molecule has 0 bridgehead atoms. The summed E-state index contributed by atoms with van der Waals surface area (Å²) in [6.07, 6.45) is 0. The van der Waals surface area contributed by atoms with Crippen LogP contribution < -0.4 is 19.5 Å². The maximum Gasteiger partial charge on any atom is 0.255 e. The van der Waals surface area contributed by atoms with Gasteiger partial charge in [0.15, 0.2) is 11.5 Å². The van der Waals surface area contributed by atoms with Gasteiger partial charge >= 0.3 is 0 Å². The number of rotatable bonds is 7. The molecule has 0 aliphatic rings. The monoisotopic (exact) mass is 393 g/mol. The molecule has 1 amide bonds. The van der Waals surface area contributed by atoms with Gasteiger partial charge in [0.05, 0.1) is 24.8 Å². The van der Waals surface area contributed by atoms with Crippen LogP contribution in [0.15, 0.2) is 40.9 Å². The fourth-order valence-corrected chi connectivity index (χ4v) is 2.68. The summed E-state index contributed by atoms with van der Waals surface area (Å²) in [5, 5.41) is 2.85. The van der Waals surface area contributed by atoms with E-state index in [4.69, 9.17) is 14.2 Å². The lowest BCUT2D eigenvalue weighted by atomic mass is 10.2. The molecule has 2 aromatic rings. The summed E-state index contributed by atoms with van der Waals surface area (Å²) in [5.74, 6) is 1.72. The Morgan fingerprint density at radius 1 is 1.00 bits per heavy atom. The van der Waals surface area contributed by atoms with Crippen LogP contribution in [-0.4, -0.2) is 26.2 Å². The van der Waals surface area contributed by atoms with Crippen LogP contribution in [0.2, 0.25) is 0 Å². The molecule has 0 saturated heterocycles. The number of hydrogen-bond acceptors (Lipinski definition) is 4. The van der Waals surface area contributed by atoms with Crippen molar-refractivity contribution in [3.8, 4) is 17.2 Å². The first kappa shape index (κ1) is 18.1. The van der Waals surface area contributed by atoms with Crippen molar-refractivity contribution in [3.05, 3.63) is 46.4 Å². The van der Waals surface area contributed by atoms with Crippen LogP contribution in [0.25, 0.3) is 0 Å². The number of ether oxygens (including phenoxy) is 3. The van der Waals surface area contributed by atoms with E-state index in [0.29, 0.717) is 41.7 Å². The highest BCUT2D eigenvalue weighted by atomic mass is 79.9. The summed E-state index contributed by atoms with van der Waals surface area (Å²) < 4.78 is 17.0. The van der Waals surface area contributed by atoms with Gasteiger partial charge in [0.2, 0.25) is 0 Å². The average molecular weight is 394 g/mol. The number of hydrogen-bond donors (Lipinski definition) is 1. The summed E-state index contributed by atoms with van der Waals surface area (Å²) in [5.41, 5.74) is 1.16. The first-order valence-electron chi connectivity index (χ1n) is 7.63. The van der Waals surface area contributed by atoms with E-state index < -0.39 is 0 Å². The summed E-state index contributed by atoms with van der Waals surface area (Å²) >= 11 is 3.38. The molecule has 0 saturated carbocycles. The van der Waals surface area contributed by atoms with E-state index in [1.807, 2.05) is 13.8 Å². The molecule has 0 fully saturated rings. The number of carbonyl (C=O) groups is 1. The van der Waals surface area contributed by atoms with Crippen LogP contribution in [0.1, 0.15) is 24.2 Å². The van der Waals surface area contributed by atoms with Crippen molar-refractivity contribution in [1.29, 1.82) is 0 Å². The van der Waals surface area contributed by atoms with Gasteiger partial charge in [-0.3, -0.25) is 4.79 Å². The number of halogens is 1. The second kappa shape index (κ2) is 8.59. The molecule has 0 aliphatic heterocycles. The predicted molar refractivity (Wildman–Crippen MR) is 97.4 cm³/mol. The lowest BCUT2D eigenvalue weighted by molar-refractivity contribution is 0.102. The van der Waals surface area contributed by atoms with E-state index in [1.54, 1.807) is 43.5 Å². The SMILES string of the molecule is CCOc1ccc(NC(=O)c2ccc(OC)c(Br)c2)cc1OCC. The number of anilines is 1. The Hall–Kier alpha value is -2.21. The van der Waals surface area contributed by atoms with Crippen molar-refractivity contribution in [1.82, 2.24) is 0 Å². The van der Waals surface area contributed by atoms with Crippen LogP contribution in [-0.2, 0) is 0 Å². The summed E-state index contributed by atoms with van der Waals surface area (Å²) in [6.45, 7) is 4.87. The van der Waals surface area contributed by atoms with Crippen molar-refractivity contribution in [2.75, 3.05) is 25.6 Å². The number of carbonyl (C=O) groups excluding carboxylic acids is 1. The first-order chi connectivity index (χ1) is 11.6. The predicted octanol–water partition coefficient (Wildman–Crippen LogP) is 4.51. The smallest absolute Gasteiger partial charge is 0.255 e. The van der Waals surface area contributed by atoms with Gasteiger partial charge in [-0.2, -0.15) is 0 Å². The van der Waals surface area contributed by atoms with Crippen LogP contribution in [0.5, 0.6) is 17.2 Å². The second-order valence-corrected chi connectivity index (χ2v) is 5.69. The average Bonchev–Trinajstić information content (AvgIpc) is 2.57. The number of benzene rings is 2. The molecule has 5 nitrogen and oxygen atoms in total. The zero-order valence-electron chi connectivity index (χ0n) is 13.9. The molecular weight excluding hydrogens is 374 g/mol. The Morgan fingerprint density at radius 2 is 1.67 bits per heavy atom. The standard InChI is InChI=1S/C18H20BrNO4/c1-4-23-16-9-7-13(11-17(16)24-5-2)20-18(21)12-6-8-15(22-3)14(19)10-12/h6-11H,4-5H2,1-3H3,(H,20,21). The maximum absolute atomic E-state index is 12.4. The lowest BCUT2D eigenvalue weighted by Crippen LogP contribution is -2.12. The zero-order valence-corrected chi connectivity index (χ0v) is 15.5. The van der Waals surface area contributed by atoms with E-state index in [1.165, 1.54) is 0 Å². The molecule has 0 atom stereocenters. The molecule has 2 aromatic carbocycles. The Balaban J connectivity index is 2.19. The van der Waals surface area contributed by atoms with E-state index >= 15 is 0 Å². The Bertz CT molecular complexity index is 718. The minimum Gasteiger partial charge on any atom is -0.496 e. The third-order valence-corrected chi connectivity index (χ3v) is 3.83. The van der Waals surface area contributed by atoms with E-state index in [-0.39, 0.29) is 5.91 Å². The van der Waals surface area contributed by atoms with Crippen LogP contribution in [0.3, 0.4) is 0 Å². The molecule has 128 valence electrons. The van der Waals surface area contributed by atoms with Gasteiger partial charge in [0, 0.05) is 17.3 Å². The van der Waals surface area contributed by atoms with E-state index in [0.717, 1.165) is 4.47 Å². The fraction of sp³-hybridized carbons (Fsp3) is 0.278. The summed E-state index contributed by atoms with van der Waals surface area (Å²) in [6, 6.07) is 10.5. The lowest BCUT2D eigenvalue weighted by Gasteiger charge is -2.13. The molecule has 24 heavy (non-hydrogen) atoms.